The Morgan fingerprint density at radius 3 is 2.56 bits per heavy atom. The Balaban J connectivity index is 1.44. The van der Waals surface area contributed by atoms with Crippen molar-refractivity contribution in [2.75, 3.05) is 0 Å². The van der Waals surface area contributed by atoms with E-state index in [0.717, 1.165) is 34.6 Å². The zero-order valence-corrected chi connectivity index (χ0v) is 17.7. The molecule has 1 aromatic heterocycles. The first-order valence-corrected chi connectivity index (χ1v) is 10.4. The summed E-state index contributed by atoms with van der Waals surface area (Å²) in [7, 11) is 0. The molecule has 1 aliphatic heterocycles. The number of nitro groups is 1. The fourth-order valence-electron chi connectivity index (χ4n) is 3.07. The fourth-order valence-corrected chi connectivity index (χ4v) is 3.91. The summed E-state index contributed by atoms with van der Waals surface area (Å²) in [4.78, 5) is 40.7. The second kappa shape index (κ2) is 9.03. The number of rotatable bonds is 6. The van der Waals surface area contributed by atoms with Gasteiger partial charge in [0.2, 0.25) is 5.88 Å². The summed E-state index contributed by atoms with van der Waals surface area (Å²) < 4.78 is 5.58. The van der Waals surface area contributed by atoms with Gasteiger partial charge in [-0.1, -0.05) is 42.0 Å². The molecule has 2 amide bonds. The average Bonchev–Trinajstić information content (AvgIpc) is 3.03. The third-order valence-corrected chi connectivity index (χ3v) is 5.54. The SMILES string of the molecule is Cc1cccc(CN2C(=O)S/C(=C\c3ccc(Oc4ccc([N+](=O)[O-])cn4)cc3)C2=O)c1. The molecule has 0 atom stereocenters. The molecular weight excluding hydrogens is 430 g/mol. The van der Waals surface area contributed by atoms with Gasteiger partial charge >= 0.3 is 0 Å². The van der Waals surface area contributed by atoms with E-state index in [9.17, 15) is 19.7 Å². The number of nitrogens with zero attached hydrogens (tertiary/aromatic N) is 3. The topological polar surface area (TPSA) is 103 Å². The van der Waals surface area contributed by atoms with Gasteiger partial charge in [0.05, 0.1) is 16.4 Å². The maximum absolute atomic E-state index is 12.7. The highest BCUT2D eigenvalue weighted by molar-refractivity contribution is 8.18. The van der Waals surface area contributed by atoms with Crippen LogP contribution in [0.3, 0.4) is 0 Å². The van der Waals surface area contributed by atoms with E-state index < -0.39 is 4.92 Å². The molecule has 0 aliphatic carbocycles. The predicted octanol–water partition coefficient (Wildman–Crippen LogP) is 5.33. The summed E-state index contributed by atoms with van der Waals surface area (Å²) in [5.41, 5.74) is 2.57. The standard InChI is InChI=1S/C23H17N3O5S/c1-15-3-2-4-17(11-15)14-25-22(27)20(32-23(25)28)12-16-5-8-19(9-6-16)31-21-10-7-18(13-24-21)26(29)30/h2-13H,14H2,1H3/b20-12-. The Hall–Kier alpha value is -3.98. The molecule has 2 aromatic carbocycles. The molecule has 8 nitrogen and oxygen atoms in total. The van der Waals surface area contributed by atoms with Crippen molar-refractivity contribution in [3.63, 3.8) is 0 Å². The van der Waals surface area contributed by atoms with E-state index in [0.29, 0.717) is 10.7 Å². The highest BCUT2D eigenvalue weighted by Gasteiger charge is 2.34. The molecule has 1 fully saturated rings. The van der Waals surface area contributed by atoms with Gasteiger partial charge in [-0.2, -0.15) is 0 Å². The zero-order chi connectivity index (χ0) is 22.7. The van der Waals surface area contributed by atoms with E-state index in [4.69, 9.17) is 4.74 Å². The number of carbonyl (C=O) groups is 2. The monoisotopic (exact) mass is 447 g/mol. The summed E-state index contributed by atoms with van der Waals surface area (Å²) in [6.45, 7) is 2.20. The van der Waals surface area contributed by atoms with Crippen LogP contribution in [0.4, 0.5) is 10.5 Å². The number of imide groups is 1. The molecule has 0 saturated carbocycles. The van der Waals surface area contributed by atoms with Gasteiger partial charge in [0.25, 0.3) is 16.8 Å². The highest BCUT2D eigenvalue weighted by Crippen LogP contribution is 2.33. The molecule has 160 valence electrons. The van der Waals surface area contributed by atoms with E-state index in [-0.39, 0.29) is 29.3 Å². The molecule has 2 heterocycles. The summed E-state index contributed by atoms with van der Waals surface area (Å²) in [5.74, 6) is 0.383. The van der Waals surface area contributed by atoms with E-state index in [1.54, 1.807) is 30.3 Å². The van der Waals surface area contributed by atoms with E-state index in [1.807, 2.05) is 31.2 Å². The smallest absolute Gasteiger partial charge is 0.293 e. The van der Waals surface area contributed by atoms with Gasteiger partial charge in [-0.15, -0.1) is 0 Å². The molecule has 1 aliphatic rings. The molecule has 9 heteroatoms. The lowest BCUT2D eigenvalue weighted by Crippen LogP contribution is -2.27. The van der Waals surface area contributed by atoms with Crippen molar-refractivity contribution in [2.45, 2.75) is 13.5 Å². The van der Waals surface area contributed by atoms with E-state index >= 15 is 0 Å². The van der Waals surface area contributed by atoms with Crippen LogP contribution in [-0.4, -0.2) is 26.0 Å². The minimum atomic E-state index is -0.534. The first-order chi connectivity index (χ1) is 15.4. The number of aryl methyl sites for hydroxylation is 1. The lowest BCUT2D eigenvalue weighted by molar-refractivity contribution is -0.385. The molecule has 3 aromatic rings. The summed E-state index contributed by atoms with van der Waals surface area (Å²) >= 11 is 0.913. The Morgan fingerprint density at radius 2 is 1.91 bits per heavy atom. The predicted molar refractivity (Wildman–Crippen MR) is 120 cm³/mol. The highest BCUT2D eigenvalue weighted by atomic mass is 32.2. The lowest BCUT2D eigenvalue weighted by Gasteiger charge is -2.12. The van der Waals surface area contributed by atoms with Crippen molar-refractivity contribution >= 4 is 34.7 Å². The van der Waals surface area contributed by atoms with E-state index in [2.05, 4.69) is 4.98 Å². The molecular formula is C23H17N3O5S. The largest absolute Gasteiger partial charge is 0.439 e. The van der Waals surface area contributed by atoms with Gasteiger partial charge in [-0.25, -0.2) is 4.98 Å². The number of benzene rings is 2. The number of aromatic nitrogens is 1. The van der Waals surface area contributed by atoms with Crippen LogP contribution in [0.25, 0.3) is 6.08 Å². The lowest BCUT2D eigenvalue weighted by atomic mass is 10.1. The van der Waals surface area contributed by atoms with Crippen molar-refractivity contribution in [3.8, 4) is 11.6 Å². The van der Waals surface area contributed by atoms with Crippen LogP contribution in [0.15, 0.2) is 71.8 Å². The van der Waals surface area contributed by atoms with Crippen molar-refractivity contribution in [1.82, 2.24) is 9.88 Å². The van der Waals surface area contributed by atoms with Gasteiger partial charge in [0, 0.05) is 12.1 Å². The number of hydrogen-bond donors (Lipinski definition) is 0. The quantitative estimate of drug-likeness (QED) is 0.286. The summed E-state index contributed by atoms with van der Waals surface area (Å²) in [5, 5.41) is 10.4. The van der Waals surface area contributed by atoms with Crippen LogP contribution in [0, 0.1) is 17.0 Å². The normalized spacial score (nSPS) is 14.8. The minimum Gasteiger partial charge on any atom is -0.439 e. The van der Waals surface area contributed by atoms with Gasteiger partial charge in [0.15, 0.2) is 0 Å². The molecule has 4 rings (SSSR count). The minimum absolute atomic E-state index is 0.121. The Bertz CT molecular complexity index is 1220. The van der Waals surface area contributed by atoms with Gasteiger partial charge in [-0.3, -0.25) is 24.6 Å². The van der Waals surface area contributed by atoms with Crippen molar-refractivity contribution in [2.24, 2.45) is 0 Å². The van der Waals surface area contributed by atoms with Gasteiger partial charge in [-0.05, 0) is 48.0 Å². The molecule has 0 radical (unpaired) electrons. The maximum Gasteiger partial charge on any atom is 0.293 e. The molecule has 0 N–H and O–H groups in total. The van der Waals surface area contributed by atoms with Crippen LogP contribution >= 0.6 is 11.8 Å². The molecule has 32 heavy (non-hydrogen) atoms. The van der Waals surface area contributed by atoms with Crippen molar-refractivity contribution < 1.29 is 19.2 Å². The zero-order valence-electron chi connectivity index (χ0n) is 16.9. The van der Waals surface area contributed by atoms with Crippen LogP contribution in [0.1, 0.15) is 16.7 Å². The van der Waals surface area contributed by atoms with Crippen LogP contribution < -0.4 is 4.74 Å². The third kappa shape index (κ3) is 4.84. The number of carbonyl (C=O) groups excluding carboxylic acids is 2. The molecule has 0 unspecified atom stereocenters. The van der Waals surface area contributed by atoms with Crippen molar-refractivity contribution in [3.05, 3.63) is 98.6 Å². The number of hydrogen-bond acceptors (Lipinski definition) is 7. The maximum atomic E-state index is 12.7. The van der Waals surface area contributed by atoms with Crippen molar-refractivity contribution in [1.29, 1.82) is 0 Å². The summed E-state index contributed by atoms with van der Waals surface area (Å²) in [6, 6.07) is 17.3. The number of ether oxygens (including phenoxy) is 1. The first-order valence-electron chi connectivity index (χ1n) is 9.58. The Kier molecular flexibility index (Phi) is 6.00. The fraction of sp³-hybridized carbons (Fsp3) is 0.0870. The second-order valence-electron chi connectivity index (χ2n) is 7.04. The first kappa shape index (κ1) is 21.3. The number of pyridine rings is 1. The number of amides is 2. The molecule has 0 bridgehead atoms. The van der Waals surface area contributed by atoms with Gasteiger partial charge in [0.1, 0.15) is 11.9 Å². The average molecular weight is 447 g/mol. The molecule has 0 spiro atoms. The molecule has 1 saturated heterocycles. The van der Waals surface area contributed by atoms with E-state index in [1.165, 1.54) is 17.0 Å². The van der Waals surface area contributed by atoms with Crippen LogP contribution in [0.5, 0.6) is 11.6 Å². The van der Waals surface area contributed by atoms with Crippen LogP contribution in [0.2, 0.25) is 0 Å². The summed E-state index contributed by atoms with van der Waals surface area (Å²) in [6.07, 6.45) is 2.78. The Morgan fingerprint density at radius 1 is 1.12 bits per heavy atom. The van der Waals surface area contributed by atoms with Crippen LogP contribution in [-0.2, 0) is 11.3 Å². The van der Waals surface area contributed by atoms with Gasteiger partial charge < -0.3 is 4.74 Å². The Labute approximate surface area is 187 Å². The third-order valence-electron chi connectivity index (χ3n) is 4.63. The number of thioether (sulfide) groups is 1. The second-order valence-corrected chi connectivity index (χ2v) is 8.03.